The van der Waals surface area contributed by atoms with Gasteiger partial charge in [0, 0.05) is 58.7 Å². The molecule has 1 saturated heterocycles. The zero-order valence-electron chi connectivity index (χ0n) is 24.9. The van der Waals surface area contributed by atoms with E-state index >= 15 is 4.39 Å². The van der Waals surface area contributed by atoms with E-state index in [-0.39, 0.29) is 30.7 Å². The lowest BCUT2D eigenvalue weighted by Gasteiger charge is -2.45. The van der Waals surface area contributed by atoms with Crippen LogP contribution in [0.2, 0.25) is 0 Å². The second kappa shape index (κ2) is 8.68. The van der Waals surface area contributed by atoms with Gasteiger partial charge in [-0.2, -0.15) is 10.2 Å². The van der Waals surface area contributed by atoms with Crippen molar-refractivity contribution in [3.63, 3.8) is 0 Å². The molecule has 0 radical (unpaired) electrons. The number of benzene rings is 1. The molecule has 0 aliphatic carbocycles. The number of hydrogen-bond donors (Lipinski definition) is 1. The fourth-order valence-corrected chi connectivity index (χ4v) is 4.84. The first-order chi connectivity index (χ1) is 19.0. The molecule has 1 aliphatic heterocycles. The average Bonchev–Trinajstić information content (AvgIpc) is 3.50. The molecule has 4 aromatic rings. The SMILES string of the molecule is [2H]C([2H])([2H])C([2H])(C)n1cc(-c2cc(-c3cc(F)cc(N4CCN(C(C)=O)C(C)(C)C4=O)c3)n3ncnc(N)c23)cn1. The Kier molecular flexibility index (Phi) is 4.66. The van der Waals surface area contributed by atoms with Crippen molar-refractivity contribution in [2.24, 2.45) is 0 Å². The van der Waals surface area contributed by atoms with Gasteiger partial charge in [-0.3, -0.25) is 14.3 Å². The molecule has 2 amide bonds. The topological polar surface area (TPSA) is 115 Å². The minimum atomic E-state index is -2.65. The highest BCUT2D eigenvalue weighted by Crippen LogP contribution is 2.37. The first kappa shape index (κ1) is 19.9. The van der Waals surface area contributed by atoms with Crippen LogP contribution < -0.4 is 10.6 Å². The summed E-state index contributed by atoms with van der Waals surface area (Å²) >= 11 is 0. The number of nitrogen functional groups attached to an aromatic ring is 1. The lowest BCUT2D eigenvalue weighted by Crippen LogP contribution is -2.64. The zero-order valence-corrected chi connectivity index (χ0v) is 20.9. The highest BCUT2D eigenvalue weighted by molar-refractivity contribution is 6.03. The molecular formula is C26H29FN8O2. The first-order valence-electron chi connectivity index (χ1n) is 13.6. The van der Waals surface area contributed by atoms with E-state index in [2.05, 4.69) is 15.2 Å². The monoisotopic (exact) mass is 508 g/mol. The Labute approximate surface area is 219 Å². The van der Waals surface area contributed by atoms with E-state index in [1.54, 1.807) is 26.0 Å². The predicted molar refractivity (Wildman–Crippen MR) is 138 cm³/mol. The number of halogens is 1. The number of hydrogen-bond acceptors (Lipinski definition) is 6. The Bertz CT molecular complexity index is 1690. The Balaban J connectivity index is 1.62. The van der Waals surface area contributed by atoms with Gasteiger partial charge in [0.2, 0.25) is 5.91 Å². The lowest BCUT2D eigenvalue weighted by molar-refractivity contribution is -0.145. The van der Waals surface area contributed by atoms with Crippen LogP contribution in [0.4, 0.5) is 15.9 Å². The van der Waals surface area contributed by atoms with Crippen LogP contribution in [-0.2, 0) is 9.59 Å². The van der Waals surface area contributed by atoms with E-state index in [1.165, 1.54) is 59.0 Å². The molecule has 0 bridgehead atoms. The molecule has 3 aromatic heterocycles. The van der Waals surface area contributed by atoms with Crippen LogP contribution in [0.1, 0.15) is 46.0 Å². The third kappa shape index (κ3) is 4.00. The summed E-state index contributed by atoms with van der Waals surface area (Å²) in [5.74, 6) is -1.04. The number of carbonyl (C=O) groups is 2. The zero-order chi connectivity index (χ0) is 30.1. The van der Waals surface area contributed by atoms with Crippen LogP contribution in [0, 0.1) is 5.82 Å². The third-order valence-electron chi connectivity index (χ3n) is 6.68. The summed E-state index contributed by atoms with van der Waals surface area (Å²) in [6, 6.07) is 3.87. The number of anilines is 2. The molecule has 37 heavy (non-hydrogen) atoms. The second-order valence-electron chi connectivity index (χ2n) is 9.49. The molecule has 192 valence electrons. The summed E-state index contributed by atoms with van der Waals surface area (Å²) in [7, 11) is 0. The van der Waals surface area contributed by atoms with Crippen molar-refractivity contribution in [3.8, 4) is 22.4 Å². The Morgan fingerprint density at radius 1 is 1.22 bits per heavy atom. The molecular weight excluding hydrogens is 475 g/mol. The number of nitrogens with two attached hydrogens (primary N) is 1. The molecule has 4 heterocycles. The van der Waals surface area contributed by atoms with Crippen LogP contribution in [0.5, 0.6) is 0 Å². The van der Waals surface area contributed by atoms with E-state index in [1.807, 2.05) is 0 Å². The van der Waals surface area contributed by atoms with Gasteiger partial charge in [0.25, 0.3) is 5.91 Å². The fourth-order valence-electron chi connectivity index (χ4n) is 4.84. The molecule has 2 N–H and O–H groups in total. The standard InChI is InChI=1S/C26H29FN8O2/c1-15(2)34-13-18(12-30-34)21-11-22(35-23(21)24(28)29-14-31-35)17-8-19(27)10-20(9-17)32-6-7-33(16(3)36)26(4,5)25(32)37/h8-15H,6-7H2,1-5H3,(H2,28,29,31)/i1D3,15D. The fraction of sp³-hybridized carbons (Fsp3) is 0.346. The van der Waals surface area contributed by atoms with Crippen molar-refractivity contribution >= 4 is 28.8 Å². The number of rotatable bonds is 4. The molecule has 1 atom stereocenters. The van der Waals surface area contributed by atoms with Crippen molar-refractivity contribution in [2.75, 3.05) is 23.7 Å². The molecule has 1 aromatic carbocycles. The number of amides is 2. The molecule has 1 unspecified atom stereocenters. The minimum absolute atomic E-state index is 0.118. The van der Waals surface area contributed by atoms with E-state index < -0.39 is 24.2 Å². The Morgan fingerprint density at radius 3 is 2.73 bits per heavy atom. The predicted octanol–water partition coefficient (Wildman–Crippen LogP) is 3.54. The normalized spacial score (nSPS) is 19.2. The second-order valence-corrected chi connectivity index (χ2v) is 9.49. The summed E-state index contributed by atoms with van der Waals surface area (Å²) < 4.78 is 49.1. The van der Waals surface area contributed by atoms with Crippen LogP contribution in [-0.4, -0.2) is 59.7 Å². The molecule has 0 spiro atoms. The van der Waals surface area contributed by atoms with Crippen molar-refractivity contribution in [1.29, 1.82) is 0 Å². The summed E-state index contributed by atoms with van der Waals surface area (Å²) in [4.78, 5) is 32.6. The quantitative estimate of drug-likeness (QED) is 0.451. The Hall–Kier alpha value is -4.28. The van der Waals surface area contributed by atoms with E-state index in [9.17, 15) is 9.59 Å². The van der Waals surface area contributed by atoms with E-state index in [0.29, 0.717) is 33.6 Å². The van der Waals surface area contributed by atoms with Gasteiger partial charge >= 0.3 is 0 Å². The summed E-state index contributed by atoms with van der Waals surface area (Å²) in [6.45, 7) is 3.79. The number of fused-ring (bicyclic) bond motifs is 1. The molecule has 0 saturated carbocycles. The van der Waals surface area contributed by atoms with Gasteiger partial charge in [0.05, 0.1) is 13.3 Å². The molecule has 5 rings (SSSR count). The van der Waals surface area contributed by atoms with Gasteiger partial charge in [-0.15, -0.1) is 0 Å². The highest BCUT2D eigenvalue weighted by atomic mass is 19.1. The van der Waals surface area contributed by atoms with Crippen LogP contribution in [0.15, 0.2) is 43.0 Å². The largest absolute Gasteiger partial charge is 0.382 e. The number of piperazine rings is 1. The van der Waals surface area contributed by atoms with Crippen molar-refractivity contribution < 1.29 is 19.5 Å². The molecule has 1 aliphatic rings. The summed E-state index contributed by atoms with van der Waals surface area (Å²) in [5.41, 5.74) is 7.55. The highest BCUT2D eigenvalue weighted by Gasteiger charge is 2.43. The Morgan fingerprint density at radius 2 is 2.00 bits per heavy atom. The van der Waals surface area contributed by atoms with Crippen LogP contribution in [0.25, 0.3) is 27.9 Å². The smallest absolute Gasteiger partial charge is 0.252 e. The van der Waals surface area contributed by atoms with Gasteiger partial charge in [0.15, 0.2) is 5.82 Å². The summed E-state index contributed by atoms with van der Waals surface area (Å²) in [6.07, 6.45) is 4.09. The number of aromatic nitrogens is 5. The number of nitrogens with zero attached hydrogens (tertiary/aromatic N) is 7. The lowest BCUT2D eigenvalue weighted by atomic mass is 9.96. The van der Waals surface area contributed by atoms with Gasteiger partial charge in [-0.05, 0) is 51.9 Å². The maximum absolute atomic E-state index is 15.1. The van der Waals surface area contributed by atoms with Gasteiger partial charge in [-0.25, -0.2) is 13.9 Å². The summed E-state index contributed by atoms with van der Waals surface area (Å²) in [5, 5.41) is 8.45. The van der Waals surface area contributed by atoms with E-state index in [0.717, 1.165) is 4.68 Å². The van der Waals surface area contributed by atoms with Crippen LogP contribution >= 0.6 is 0 Å². The maximum Gasteiger partial charge on any atom is 0.252 e. The maximum atomic E-state index is 15.1. The average molecular weight is 509 g/mol. The van der Waals surface area contributed by atoms with Crippen LogP contribution in [0.3, 0.4) is 0 Å². The first-order valence-corrected chi connectivity index (χ1v) is 11.6. The minimum Gasteiger partial charge on any atom is -0.382 e. The third-order valence-corrected chi connectivity index (χ3v) is 6.68. The van der Waals surface area contributed by atoms with Crippen molar-refractivity contribution in [1.82, 2.24) is 29.3 Å². The van der Waals surface area contributed by atoms with Gasteiger partial charge < -0.3 is 15.5 Å². The molecule has 10 nitrogen and oxygen atoms in total. The molecule has 1 fully saturated rings. The van der Waals surface area contributed by atoms with Crippen molar-refractivity contribution in [2.45, 2.75) is 46.1 Å². The van der Waals surface area contributed by atoms with Gasteiger partial charge in [-0.1, -0.05) is 0 Å². The van der Waals surface area contributed by atoms with E-state index in [4.69, 9.17) is 11.2 Å². The molecule has 11 heteroatoms. The van der Waals surface area contributed by atoms with Gasteiger partial charge in [0.1, 0.15) is 23.2 Å². The number of carbonyl (C=O) groups excluding carboxylic acids is 2. The van der Waals surface area contributed by atoms with Crippen molar-refractivity contribution in [3.05, 3.63) is 48.8 Å².